The third kappa shape index (κ3) is 2.19. The highest BCUT2D eigenvalue weighted by Crippen LogP contribution is 2.16. The maximum absolute atomic E-state index is 11.0. The van der Waals surface area contributed by atoms with Crippen molar-refractivity contribution in [3.63, 3.8) is 0 Å². The Bertz CT molecular complexity index is 147. The third-order valence-electron chi connectivity index (χ3n) is 2.07. The Morgan fingerprint density at radius 1 is 1.64 bits per heavy atom. The van der Waals surface area contributed by atoms with Crippen LogP contribution in [0, 0.1) is 5.92 Å². The van der Waals surface area contributed by atoms with Crippen LogP contribution in [-0.2, 0) is 9.53 Å². The van der Waals surface area contributed by atoms with Crippen LogP contribution in [0.3, 0.4) is 0 Å². The van der Waals surface area contributed by atoms with Gasteiger partial charge >= 0.3 is 5.97 Å². The van der Waals surface area contributed by atoms with Crippen LogP contribution in [0.4, 0.5) is 0 Å². The van der Waals surface area contributed by atoms with E-state index in [-0.39, 0.29) is 12.0 Å². The number of piperidine rings is 1. The first-order chi connectivity index (χ1) is 5.24. The fraction of sp³-hybridized carbons (Fsp3) is 0.875. The lowest BCUT2D eigenvalue weighted by Crippen LogP contribution is -2.38. The van der Waals surface area contributed by atoms with Crippen LogP contribution in [0.2, 0.25) is 0 Å². The predicted octanol–water partition coefficient (Wildman–Crippen LogP) is 0.562. The van der Waals surface area contributed by atoms with Gasteiger partial charge in [-0.05, 0) is 18.8 Å². The van der Waals surface area contributed by atoms with Crippen LogP contribution >= 0.6 is 0 Å². The standard InChI is InChI=1S/C8H14NO2/c1-6-3-4-9-7(5-6)8(10)11-2/h6-7H,3-5H2,1-2H3. The van der Waals surface area contributed by atoms with Crippen molar-refractivity contribution < 1.29 is 9.53 Å². The first kappa shape index (κ1) is 8.53. The number of rotatable bonds is 1. The van der Waals surface area contributed by atoms with Crippen molar-refractivity contribution in [1.29, 1.82) is 0 Å². The molecule has 3 nitrogen and oxygen atoms in total. The fourth-order valence-corrected chi connectivity index (χ4v) is 1.33. The second-order valence-electron chi connectivity index (χ2n) is 3.07. The van der Waals surface area contributed by atoms with Gasteiger partial charge in [0.2, 0.25) is 0 Å². The Hall–Kier alpha value is -0.570. The minimum Gasteiger partial charge on any atom is -0.468 e. The Morgan fingerprint density at radius 2 is 2.36 bits per heavy atom. The number of hydrogen-bond acceptors (Lipinski definition) is 2. The summed E-state index contributed by atoms with van der Waals surface area (Å²) in [7, 11) is 1.41. The van der Waals surface area contributed by atoms with E-state index in [0.29, 0.717) is 5.92 Å². The Morgan fingerprint density at radius 3 is 2.91 bits per heavy atom. The molecule has 0 N–H and O–H groups in total. The van der Waals surface area contributed by atoms with E-state index >= 15 is 0 Å². The summed E-state index contributed by atoms with van der Waals surface area (Å²) < 4.78 is 4.61. The summed E-state index contributed by atoms with van der Waals surface area (Å²) in [5.41, 5.74) is 0. The maximum Gasteiger partial charge on any atom is 0.324 e. The summed E-state index contributed by atoms with van der Waals surface area (Å²) in [6, 6.07) is -0.191. The molecule has 2 atom stereocenters. The second kappa shape index (κ2) is 3.72. The van der Waals surface area contributed by atoms with E-state index in [1.165, 1.54) is 7.11 Å². The van der Waals surface area contributed by atoms with Crippen molar-refractivity contribution in [1.82, 2.24) is 5.32 Å². The molecule has 0 aromatic carbocycles. The van der Waals surface area contributed by atoms with Crippen LogP contribution in [0.5, 0.6) is 0 Å². The Kier molecular flexibility index (Phi) is 2.88. The molecule has 1 saturated heterocycles. The number of hydrogen-bond donors (Lipinski definition) is 0. The van der Waals surface area contributed by atoms with Gasteiger partial charge in [0.25, 0.3) is 0 Å². The highest BCUT2D eigenvalue weighted by molar-refractivity contribution is 5.75. The van der Waals surface area contributed by atoms with Crippen LogP contribution in [-0.4, -0.2) is 25.7 Å². The topological polar surface area (TPSA) is 40.4 Å². The van der Waals surface area contributed by atoms with Crippen LogP contribution < -0.4 is 5.32 Å². The van der Waals surface area contributed by atoms with Crippen molar-refractivity contribution in [2.45, 2.75) is 25.8 Å². The van der Waals surface area contributed by atoms with Gasteiger partial charge in [-0.2, -0.15) is 0 Å². The highest BCUT2D eigenvalue weighted by atomic mass is 16.5. The number of methoxy groups -OCH3 is 1. The lowest BCUT2D eigenvalue weighted by atomic mass is 9.94. The summed E-state index contributed by atoms with van der Waals surface area (Å²) in [5, 5.41) is 4.18. The lowest BCUT2D eigenvalue weighted by Gasteiger charge is -2.24. The van der Waals surface area contributed by atoms with Gasteiger partial charge in [0, 0.05) is 6.54 Å². The monoisotopic (exact) mass is 156 g/mol. The molecule has 1 fully saturated rings. The van der Waals surface area contributed by atoms with E-state index in [2.05, 4.69) is 17.0 Å². The first-order valence-corrected chi connectivity index (χ1v) is 3.98. The van der Waals surface area contributed by atoms with E-state index in [1.54, 1.807) is 0 Å². The molecule has 0 saturated carbocycles. The van der Waals surface area contributed by atoms with E-state index in [9.17, 15) is 4.79 Å². The normalized spacial score (nSPS) is 31.5. The smallest absolute Gasteiger partial charge is 0.324 e. The third-order valence-corrected chi connectivity index (χ3v) is 2.07. The Labute approximate surface area is 67.1 Å². The number of esters is 1. The predicted molar refractivity (Wildman–Crippen MR) is 41.2 cm³/mol. The van der Waals surface area contributed by atoms with E-state index in [4.69, 9.17) is 0 Å². The molecule has 63 valence electrons. The van der Waals surface area contributed by atoms with E-state index in [0.717, 1.165) is 19.4 Å². The number of ether oxygens (including phenoxy) is 1. The molecule has 0 aliphatic carbocycles. The molecule has 1 radical (unpaired) electrons. The molecular weight excluding hydrogens is 142 g/mol. The lowest BCUT2D eigenvalue weighted by molar-refractivity contribution is -0.144. The second-order valence-corrected chi connectivity index (χ2v) is 3.07. The SMILES string of the molecule is COC(=O)C1CC(C)CC[N]1. The van der Waals surface area contributed by atoms with Gasteiger partial charge in [0.1, 0.15) is 6.04 Å². The molecule has 1 heterocycles. The molecule has 1 rings (SSSR count). The van der Waals surface area contributed by atoms with Crippen molar-refractivity contribution >= 4 is 5.97 Å². The summed E-state index contributed by atoms with van der Waals surface area (Å²) in [4.78, 5) is 11.0. The zero-order chi connectivity index (χ0) is 8.27. The number of carbonyl (C=O) groups excluding carboxylic acids is 1. The number of nitrogens with zero attached hydrogens (tertiary/aromatic N) is 1. The Balaban J connectivity index is 2.39. The van der Waals surface area contributed by atoms with Gasteiger partial charge < -0.3 is 4.74 Å². The molecule has 0 amide bonds. The van der Waals surface area contributed by atoms with Crippen molar-refractivity contribution in [3.05, 3.63) is 0 Å². The van der Waals surface area contributed by atoms with Gasteiger partial charge in [-0.15, -0.1) is 0 Å². The van der Waals surface area contributed by atoms with Crippen LogP contribution in [0.1, 0.15) is 19.8 Å². The highest BCUT2D eigenvalue weighted by Gasteiger charge is 2.25. The molecule has 0 spiro atoms. The van der Waals surface area contributed by atoms with Crippen molar-refractivity contribution in [3.8, 4) is 0 Å². The average Bonchev–Trinajstić information content (AvgIpc) is 2.03. The molecular formula is C8H14NO2. The molecule has 1 aliphatic heterocycles. The van der Waals surface area contributed by atoms with Crippen LogP contribution in [0.15, 0.2) is 0 Å². The minimum atomic E-state index is -0.191. The molecule has 3 heteroatoms. The zero-order valence-electron chi connectivity index (χ0n) is 7.04. The quantitative estimate of drug-likeness (QED) is 0.520. The van der Waals surface area contributed by atoms with Gasteiger partial charge in [0.15, 0.2) is 0 Å². The molecule has 1 aliphatic rings. The van der Waals surface area contributed by atoms with Gasteiger partial charge in [-0.25, -0.2) is 5.32 Å². The van der Waals surface area contributed by atoms with Gasteiger partial charge in [0.05, 0.1) is 7.11 Å². The van der Waals surface area contributed by atoms with E-state index in [1.807, 2.05) is 0 Å². The summed E-state index contributed by atoms with van der Waals surface area (Å²) in [6.07, 6.45) is 1.96. The minimum absolute atomic E-state index is 0.184. The molecule has 0 aromatic rings. The zero-order valence-corrected chi connectivity index (χ0v) is 7.04. The van der Waals surface area contributed by atoms with E-state index < -0.39 is 0 Å². The molecule has 11 heavy (non-hydrogen) atoms. The fourth-order valence-electron chi connectivity index (χ4n) is 1.33. The summed E-state index contributed by atoms with van der Waals surface area (Å²) >= 11 is 0. The average molecular weight is 156 g/mol. The van der Waals surface area contributed by atoms with Crippen molar-refractivity contribution in [2.75, 3.05) is 13.7 Å². The maximum atomic E-state index is 11.0. The summed E-state index contributed by atoms with van der Waals surface area (Å²) in [6.45, 7) is 2.95. The van der Waals surface area contributed by atoms with Gasteiger partial charge in [-0.1, -0.05) is 6.92 Å². The largest absolute Gasteiger partial charge is 0.468 e. The molecule has 0 aromatic heterocycles. The van der Waals surface area contributed by atoms with Crippen LogP contribution in [0.25, 0.3) is 0 Å². The molecule has 2 unspecified atom stereocenters. The van der Waals surface area contributed by atoms with Crippen molar-refractivity contribution in [2.24, 2.45) is 5.92 Å². The summed E-state index contributed by atoms with van der Waals surface area (Å²) in [5.74, 6) is 0.424. The van der Waals surface area contributed by atoms with Gasteiger partial charge in [-0.3, -0.25) is 4.79 Å². The number of carbonyl (C=O) groups is 1. The molecule has 0 bridgehead atoms. The first-order valence-electron chi connectivity index (χ1n) is 3.98.